The van der Waals surface area contributed by atoms with Crippen LogP contribution in [-0.2, 0) is 4.74 Å². The van der Waals surface area contributed by atoms with Gasteiger partial charge in [-0.15, -0.1) is 22.7 Å². The summed E-state index contributed by atoms with van der Waals surface area (Å²) in [6.07, 6.45) is 0. The van der Waals surface area contributed by atoms with Crippen LogP contribution >= 0.6 is 22.7 Å². The number of anilines is 2. The molecule has 0 saturated heterocycles. The van der Waals surface area contributed by atoms with E-state index >= 15 is 0 Å². The summed E-state index contributed by atoms with van der Waals surface area (Å²) in [6, 6.07) is 8.20. The number of carbonyl (C=O) groups excluding carboxylic acids is 1. The van der Waals surface area contributed by atoms with Crippen LogP contribution < -0.4 is 5.32 Å². The summed E-state index contributed by atoms with van der Waals surface area (Å²) in [5.41, 5.74) is 1.28. The van der Waals surface area contributed by atoms with Gasteiger partial charge in [0.1, 0.15) is 0 Å². The van der Waals surface area contributed by atoms with Crippen LogP contribution in [0.3, 0.4) is 0 Å². The summed E-state index contributed by atoms with van der Waals surface area (Å²) in [4.78, 5) is 15.5. The molecule has 0 aliphatic heterocycles. The highest BCUT2D eigenvalue weighted by atomic mass is 32.1. The molecular weight excluding hydrogens is 280 g/mol. The minimum Gasteiger partial charge on any atom is -0.464 e. The number of thiazole rings is 1. The fourth-order valence-electron chi connectivity index (χ4n) is 1.70. The van der Waals surface area contributed by atoms with Crippen LogP contribution in [-0.4, -0.2) is 18.1 Å². The van der Waals surface area contributed by atoms with Crippen LogP contribution in [0.4, 0.5) is 10.8 Å². The molecule has 0 radical (unpaired) electrons. The van der Waals surface area contributed by atoms with E-state index in [1.807, 2.05) is 6.07 Å². The van der Waals surface area contributed by atoms with Crippen molar-refractivity contribution in [3.8, 4) is 0 Å². The first kappa shape index (κ1) is 12.1. The average molecular weight is 290 g/mol. The third-order valence-electron chi connectivity index (χ3n) is 2.60. The Bertz CT molecular complexity index is 733. The molecule has 3 rings (SSSR count). The predicted octanol–water partition coefficient (Wildman–Crippen LogP) is 3.89. The minimum absolute atomic E-state index is 0.326. The van der Waals surface area contributed by atoms with Crippen LogP contribution in [0.2, 0.25) is 0 Å². The van der Waals surface area contributed by atoms with Gasteiger partial charge in [0.25, 0.3) is 0 Å². The molecule has 0 bridgehead atoms. The fourth-order valence-corrected chi connectivity index (χ4v) is 3.17. The van der Waals surface area contributed by atoms with Crippen molar-refractivity contribution in [1.82, 2.24) is 4.98 Å². The first-order valence-corrected chi connectivity index (χ1v) is 7.30. The zero-order valence-corrected chi connectivity index (χ0v) is 11.7. The van der Waals surface area contributed by atoms with Crippen molar-refractivity contribution in [2.24, 2.45) is 0 Å². The number of hydrogen-bond donors (Lipinski definition) is 1. The van der Waals surface area contributed by atoms with Gasteiger partial charge in [-0.05, 0) is 35.0 Å². The minimum atomic E-state index is -0.419. The molecule has 0 spiro atoms. The van der Waals surface area contributed by atoms with Crippen molar-refractivity contribution in [3.05, 3.63) is 40.7 Å². The summed E-state index contributed by atoms with van der Waals surface area (Å²) < 4.78 is 5.88. The summed E-state index contributed by atoms with van der Waals surface area (Å²) in [7, 11) is 1.35. The van der Waals surface area contributed by atoms with Gasteiger partial charge in [-0.2, -0.15) is 0 Å². The standard InChI is InChI=1S/C13H10N2O2S2/c1-17-12(16)10-7-19-13(15-10)14-9-2-3-11-8(6-9)4-5-18-11/h2-7H,1H3,(H,14,15). The van der Waals surface area contributed by atoms with Crippen molar-refractivity contribution in [3.63, 3.8) is 0 Å². The van der Waals surface area contributed by atoms with Gasteiger partial charge >= 0.3 is 5.97 Å². The predicted molar refractivity (Wildman–Crippen MR) is 78.6 cm³/mol. The van der Waals surface area contributed by atoms with E-state index < -0.39 is 5.97 Å². The van der Waals surface area contributed by atoms with Crippen molar-refractivity contribution in [1.29, 1.82) is 0 Å². The van der Waals surface area contributed by atoms with Gasteiger partial charge in [0.2, 0.25) is 0 Å². The Kier molecular flexibility index (Phi) is 3.18. The van der Waals surface area contributed by atoms with Gasteiger partial charge in [-0.3, -0.25) is 0 Å². The number of rotatable bonds is 3. The van der Waals surface area contributed by atoms with Crippen LogP contribution in [0.25, 0.3) is 10.1 Å². The zero-order chi connectivity index (χ0) is 13.2. The Balaban J connectivity index is 1.83. The van der Waals surface area contributed by atoms with E-state index in [-0.39, 0.29) is 0 Å². The smallest absolute Gasteiger partial charge is 0.357 e. The number of hydrogen-bond acceptors (Lipinski definition) is 6. The second-order valence-electron chi connectivity index (χ2n) is 3.83. The SMILES string of the molecule is COC(=O)c1csc(Nc2ccc3sccc3c2)n1. The molecule has 96 valence electrons. The molecule has 0 saturated carbocycles. The lowest BCUT2D eigenvalue weighted by Gasteiger charge is -2.02. The summed E-state index contributed by atoms with van der Waals surface area (Å²) in [6.45, 7) is 0. The fraction of sp³-hybridized carbons (Fsp3) is 0.0769. The molecule has 0 amide bonds. The molecule has 0 unspecified atom stereocenters. The summed E-state index contributed by atoms with van der Waals surface area (Å²) >= 11 is 3.09. The quantitative estimate of drug-likeness (QED) is 0.744. The van der Waals surface area contributed by atoms with E-state index in [2.05, 4.69) is 38.6 Å². The number of nitrogens with zero attached hydrogens (tertiary/aromatic N) is 1. The van der Waals surface area contributed by atoms with E-state index in [0.29, 0.717) is 10.8 Å². The van der Waals surface area contributed by atoms with Gasteiger partial charge in [0, 0.05) is 15.8 Å². The molecule has 1 N–H and O–H groups in total. The van der Waals surface area contributed by atoms with Crippen molar-refractivity contribution in [2.75, 3.05) is 12.4 Å². The summed E-state index contributed by atoms with van der Waals surface area (Å²) in [5, 5.41) is 8.80. The molecule has 0 fully saturated rings. The lowest BCUT2D eigenvalue weighted by atomic mass is 10.2. The van der Waals surface area contributed by atoms with Gasteiger partial charge in [-0.1, -0.05) is 0 Å². The number of thiophene rings is 1. The third-order valence-corrected chi connectivity index (χ3v) is 4.26. The van der Waals surface area contributed by atoms with Gasteiger partial charge in [0.15, 0.2) is 10.8 Å². The van der Waals surface area contributed by atoms with E-state index in [1.165, 1.54) is 28.5 Å². The number of aromatic nitrogens is 1. The van der Waals surface area contributed by atoms with E-state index in [0.717, 1.165) is 5.69 Å². The Hall–Kier alpha value is -1.92. The second kappa shape index (κ2) is 4.99. The second-order valence-corrected chi connectivity index (χ2v) is 5.63. The molecule has 4 nitrogen and oxygen atoms in total. The first-order chi connectivity index (χ1) is 9.26. The number of carbonyl (C=O) groups is 1. The normalized spacial score (nSPS) is 10.6. The highest BCUT2D eigenvalue weighted by Crippen LogP contribution is 2.27. The molecule has 2 heterocycles. The van der Waals surface area contributed by atoms with E-state index in [1.54, 1.807) is 16.7 Å². The van der Waals surface area contributed by atoms with Crippen LogP contribution in [0.1, 0.15) is 10.5 Å². The number of fused-ring (bicyclic) bond motifs is 1. The first-order valence-electron chi connectivity index (χ1n) is 5.54. The lowest BCUT2D eigenvalue weighted by molar-refractivity contribution is 0.0595. The summed E-state index contributed by atoms with van der Waals surface area (Å²) in [5.74, 6) is -0.419. The molecule has 0 aliphatic rings. The molecule has 0 aliphatic carbocycles. The van der Waals surface area contributed by atoms with E-state index in [4.69, 9.17) is 0 Å². The topological polar surface area (TPSA) is 51.2 Å². The lowest BCUT2D eigenvalue weighted by Crippen LogP contribution is -2.01. The number of esters is 1. The Labute approximate surface area is 117 Å². The van der Waals surface area contributed by atoms with Crippen LogP contribution in [0.5, 0.6) is 0 Å². The molecule has 1 aromatic carbocycles. The number of benzene rings is 1. The highest BCUT2D eigenvalue weighted by molar-refractivity contribution is 7.17. The van der Waals surface area contributed by atoms with Gasteiger partial charge < -0.3 is 10.1 Å². The monoisotopic (exact) mass is 290 g/mol. The van der Waals surface area contributed by atoms with Crippen molar-refractivity contribution < 1.29 is 9.53 Å². The van der Waals surface area contributed by atoms with Gasteiger partial charge in [0.05, 0.1) is 7.11 Å². The van der Waals surface area contributed by atoms with E-state index in [9.17, 15) is 4.79 Å². The van der Waals surface area contributed by atoms with Gasteiger partial charge in [-0.25, -0.2) is 9.78 Å². The molecule has 3 aromatic rings. The number of methoxy groups -OCH3 is 1. The third kappa shape index (κ3) is 2.45. The maximum atomic E-state index is 11.3. The average Bonchev–Trinajstić information content (AvgIpc) is 3.06. The largest absolute Gasteiger partial charge is 0.464 e. The van der Waals surface area contributed by atoms with Crippen molar-refractivity contribution in [2.45, 2.75) is 0 Å². The maximum absolute atomic E-state index is 11.3. The number of nitrogens with one attached hydrogen (secondary N) is 1. The maximum Gasteiger partial charge on any atom is 0.357 e. The highest BCUT2D eigenvalue weighted by Gasteiger charge is 2.10. The molecule has 19 heavy (non-hydrogen) atoms. The molecular formula is C13H10N2O2S2. The molecule has 2 aromatic heterocycles. The Morgan fingerprint density at radius 3 is 3.05 bits per heavy atom. The zero-order valence-electron chi connectivity index (χ0n) is 10.0. The number of ether oxygens (including phenoxy) is 1. The molecule has 0 atom stereocenters. The van der Waals surface area contributed by atoms with Crippen molar-refractivity contribution >= 4 is 49.5 Å². The van der Waals surface area contributed by atoms with Crippen LogP contribution in [0.15, 0.2) is 35.0 Å². The Morgan fingerprint density at radius 2 is 2.21 bits per heavy atom. The molecule has 6 heteroatoms. The van der Waals surface area contributed by atoms with Crippen LogP contribution in [0, 0.1) is 0 Å². The Morgan fingerprint density at radius 1 is 1.32 bits per heavy atom.